The molecule has 1 saturated heterocycles. The molecule has 1 fully saturated rings. The standard InChI is InChI=1S/C17H19ClN6O/c1-11-7-16(22-17(19)21-11)24-4-2-6-25-10-14(24)12-8-15-20-3-5-23(15)9-13(12)18/h3,5,7-9,14H,2,4,6,10H2,1H3,(H2,19,21,22)/t14-/m1/s1. The Morgan fingerprint density at radius 2 is 2.20 bits per heavy atom. The van der Waals surface area contributed by atoms with Crippen molar-refractivity contribution in [2.45, 2.75) is 19.4 Å². The molecule has 4 heterocycles. The van der Waals surface area contributed by atoms with Gasteiger partial charge in [0, 0.05) is 49.1 Å². The molecule has 4 rings (SSSR count). The third kappa shape index (κ3) is 3.12. The van der Waals surface area contributed by atoms with Gasteiger partial charge in [-0.3, -0.25) is 0 Å². The number of pyridine rings is 1. The molecule has 130 valence electrons. The van der Waals surface area contributed by atoms with E-state index >= 15 is 0 Å². The van der Waals surface area contributed by atoms with Crippen LogP contribution in [0.5, 0.6) is 0 Å². The van der Waals surface area contributed by atoms with Crippen LogP contribution in [0.4, 0.5) is 11.8 Å². The molecule has 3 aromatic heterocycles. The molecule has 3 aromatic rings. The molecular weight excluding hydrogens is 340 g/mol. The number of rotatable bonds is 2. The smallest absolute Gasteiger partial charge is 0.222 e. The molecule has 7 nitrogen and oxygen atoms in total. The van der Waals surface area contributed by atoms with Gasteiger partial charge in [-0.25, -0.2) is 9.97 Å². The number of imidazole rings is 1. The summed E-state index contributed by atoms with van der Waals surface area (Å²) >= 11 is 6.57. The maximum atomic E-state index is 6.57. The van der Waals surface area contributed by atoms with E-state index in [1.54, 1.807) is 6.20 Å². The predicted octanol–water partition coefficient (Wildman–Crippen LogP) is 2.64. The van der Waals surface area contributed by atoms with Gasteiger partial charge in [-0.1, -0.05) is 11.6 Å². The van der Waals surface area contributed by atoms with Crippen LogP contribution in [0.15, 0.2) is 30.7 Å². The minimum atomic E-state index is -0.0644. The highest BCUT2D eigenvalue weighted by Gasteiger charge is 2.27. The number of anilines is 2. The predicted molar refractivity (Wildman–Crippen MR) is 96.9 cm³/mol. The van der Waals surface area contributed by atoms with Gasteiger partial charge in [-0.2, -0.15) is 4.98 Å². The number of nitrogen functional groups attached to an aromatic ring is 1. The summed E-state index contributed by atoms with van der Waals surface area (Å²) in [7, 11) is 0. The molecule has 0 unspecified atom stereocenters. The van der Waals surface area contributed by atoms with Crippen LogP contribution in [-0.2, 0) is 4.74 Å². The van der Waals surface area contributed by atoms with Crippen LogP contribution in [0.1, 0.15) is 23.7 Å². The number of aromatic nitrogens is 4. The maximum absolute atomic E-state index is 6.57. The van der Waals surface area contributed by atoms with Crippen molar-refractivity contribution in [2.24, 2.45) is 0 Å². The van der Waals surface area contributed by atoms with E-state index in [9.17, 15) is 0 Å². The Balaban J connectivity index is 1.81. The van der Waals surface area contributed by atoms with Crippen LogP contribution in [0.25, 0.3) is 5.65 Å². The second-order valence-electron chi connectivity index (χ2n) is 6.13. The highest BCUT2D eigenvalue weighted by molar-refractivity contribution is 6.31. The van der Waals surface area contributed by atoms with Crippen LogP contribution < -0.4 is 10.6 Å². The SMILES string of the molecule is Cc1cc(N2CCCOC[C@@H]2c2cc3nccn3cc2Cl)nc(N)n1. The van der Waals surface area contributed by atoms with E-state index in [-0.39, 0.29) is 12.0 Å². The number of nitrogens with two attached hydrogens (primary N) is 1. The molecule has 0 amide bonds. The summed E-state index contributed by atoms with van der Waals surface area (Å²) in [5.41, 5.74) is 8.51. The third-order valence-corrected chi connectivity index (χ3v) is 4.68. The van der Waals surface area contributed by atoms with Crippen LogP contribution in [0.3, 0.4) is 0 Å². The lowest BCUT2D eigenvalue weighted by Gasteiger charge is -2.31. The average molecular weight is 359 g/mol. The molecule has 0 radical (unpaired) electrons. The molecule has 0 spiro atoms. The molecule has 0 aliphatic carbocycles. The lowest BCUT2D eigenvalue weighted by atomic mass is 10.1. The molecule has 0 bridgehead atoms. The van der Waals surface area contributed by atoms with Gasteiger partial charge < -0.3 is 19.8 Å². The minimum absolute atomic E-state index is 0.0644. The van der Waals surface area contributed by atoms with Crippen LogP contribution in [-0.4, -0.2) is 39.1 Å². The van der Waals surface area contributed by atoms with Crippen molar-refractivity contribution in [3.8, 4) is 0 Å². The number of halogens is 1. The Bertz CT molecular complexity index is 891. The topological polar surface area (TPSA) is 81.6 Å². The normalized spacial score (nSPS) is 18.5. The van der Waals surface area contributed by atoms with Gasteiger partial charge in [0.05, 0.1) is 17.7 Å². The van der Waals surface area contributed by atoms with Gasteiger partial charge in [0.15, 0.2) is 0 Å². The van der Waals surface area contributed by atoms with E-state index in [0.717, 1.165) is 35.7 Å². The summed E-state index contributed by atoms with van der Waals surface area (Å²) < 4.78 is 7.72. The largest absolute Gasteiger partial charge is 0.379 e. The van der Waals surface area contributed by atoms with Crippen LogP contribution >= 0.6 is 11.6 Å². The number of nitrogens with zero attached hydrogens (tertiary/aromatic N) is 5. The lowest BCUT2D eigenvalue weighted by Crippen LogP contribution is -2.32. The number of aryl methyl sites for hydroxylation is 1. The van der Waals surface area contributed by atoms with E-state index in [1.165, 1.54) is 0 Å². The highest BCUT2D eigenvalue weighted by atomic mass is 35.5. The Labute approximate surface area is 150 Å². The first-order valence-electron chi connectivity index (χ1n) is 8.19. The molecule has 0 aromatic carbocycles. The molecule has 25 heavy (non-hydrogen) atoms. The molecule has 8 heteroatoms. The van der Waals surface area contributed by atoms with Gasteiger partial charge >= 0.3 is 0 Å². The fourth-order valence-electron chi connectivity index (χ4n) is 3.24. The first kappa shape index (κ1) is 16.1. The zero-order chi connectivity index (χ0) is 17.4. The van der Waals surface area contributed by atoms with Gasteiger partial charge in [-0.15, -0.1) is 0 Å². The quantitative estimate of drug-likeness (QED) is 0.758. The molecule has 2 N–H and O–H groups in total. The lowest BCUT2D eigenvalue weighted by molar-refractivity contribution is 0.134. The van der Waals surface area contributed by atoms with Crippen molar-refractivity contribution >= 4 is 29.0 Å². The van der Waals surface area contributed by atoms with Crippen molar-refractivity contribution < 1.29 is 4.74 Å². The fraction of sp³-hybridized carbons (Fsp3) is 0.353. The minimum Gasteiger partial charge on any atom is -0.379 e. The van der Waals surface area contributed by atoms with E-state index in [4.69, 9.17) is 22.1 Å². The summed E-state index contributed by atoms with van der Waals surface area (Å²) in [6, 6.07) is 3.88. The Morgan fingerprint density at radius 3 is 3.04 bits per heavy atom. The molecule has 1 aliphatic rings. The van der Waals surface area contributed by atoms with Gasteiger partial charge in [-0.05, 0) is 19.4 Å². The van der Waals surface area contributed by atoms with Crippen molar-refractivity contribution in [3.63, 3.8) is 0 Å². The summed E-state index contributed by atoms with van der Waals surface area (Å²) in [6.07, 6.45) is 6.41. The second kappa shape index (κ2) is 6.50. The van der Waals surface area contributed by atoms with Crippen molar-refractivity contribution in [3.05, 3.63) is 47.0 Å². The number of ether oxygens (including phenoxy) is 1. The summed E-state index contributed by atoms with van der Waals surface area (Å²) in [5.74, 6) is 1.06. The zero-order valence-corrected chi connectivity index (χ0v) is 14.6. The van der Waals surface area contributed by atoms with E-state index < -0.39 is 0 Å². The van der Waals surface area contributed by atoms with Crippen LogP contribution in [0.2, 0.25) is 5.02 Å². The summed E-state index contributed by atoms with van der Waals surface area (Å²) in [4.78, 5) is 15.2. The second-order valence-corrected chi connectivity index (χ2v) is 6.54. The third-order valence-electron chi connectivity index (χ3n) is 4.36. The van der Waals surface area contributed by atoms with E-state index in [1.807, 2.05) is 35.9 Å². The van der Waals surface area contributed by atoms with Crippen LogP contribution in [0, 0.1) is 6.92 Å². The van der Waals surface area contributed by atoms with Crippen molar-refractivity contribution in [1.29, 1.82) is 0 Å². The Kier molecular flexibility index (Phi) is 4.19. The van der Waals surface area contributed by atoms with Gasteiger partial charge in [0.25, 0.3) is 0 Å². The molecule has 1 aliphatic heterocycles. The van der Waals surface area contributed by atoms with E-state index in [2.05, 4.69) is 19.9 Å². The Hall–Kier alpha value is -2.38. The molecule has 0 saturated carbocycles. The van der Waals surface area contributed by atoms with Crippen molar-refractivity contribution in [1.82, 2.24) is 19.4 Å². The van der Waals surface area contributed by atoms with Gasteiger partial charge in [0.1, 0.15) is 11.5 Å². The average Bonchev–Trinajstić information content (AvgIpc) is 2.87. The first-order valence-corrected chi connectivity index (χ1v) is 8.57. The molecule has 1 atom stereocenters. The summed E-state index contributed by atoms with van der Waals surface area (Å²) in [5, 5.41) is 0.671. The van der Waals surface area contributed by atoms with E-state index in [0.29, 0.717) is 18.2 Å². The maximum Gasteiger partial charge on any atom is 0.222 e. The van der Waals surface area contributed by atoms with Crippen molar-refractivity contribution in [2.75, 3.05) is 30.4 Å². The number of fused-ring (bicyclic) bond motifs is 1. The fourth-order valence-corrected chi connectivity index (χ4v) is 3.52. The number of hydrogen-bond donors (Lipinski definition) is 1. The number of hydrogen-bond acceptors (Lipinski definition) is 6. The Morgan fingerprint density at radius 1 is 1.32 bits per heavy atom. The highest BCUT2D eigenvalue weighted by Crippen LogP contribution is 2.33. The monoisotopic (exact) mass is 358 g/mol. The first-order chi connectivity index (χ1) is 12.1. The summed E-state index contributed by atoms with van der Waals surface area (Å²) in [6.45, 7) is 3.94. The van der Waals surface area contributed by atoms with Gasteiger partial charge in [0.2, 0.25) is 5.95 Å². The molecular formula is C17H19ClN6O. The zero-order valence-electron chi connectivity index (χ0n) is 13.9.